The highest BCUT2D eigenvalue weighted by molar-refractivity contribution is 7.98. The summed E-state index contributed by atoms with van der Waals surface area (Å²) in [5.41, 5.74) is 34.3. The van der Waals surface area contributed by atoms with Gasteiger partial charge in [0.15, 0.2) is 34.9 Å². The van der Waals surface area contributed by atoms with E-state index in [0.717, 1.165) is 25.7 Å². The number of benzene rings is 1. The maximum atomic E-state index is 14.8. The molecule has 1 rings (SSSR count). The number of carbonyl (C=O) groups is 15. The van der Waals surface area contributed by atoms with E-state index < -0.39 is 219 Å². The first kappa shape index (κ1) is 105. The molecule has 652 valence electrons. The number of aliphatic hydroxyl groups is 3. The Kier molecular flexibility index (Phi) is 55.6. The largest absolute Gasteiger partial charge is 0.508 e. The Labute approximate surface area is 682 Å². The second kappa shape index (κ2) is 61.1. The fourth-order valence-electron chi connectivity index (χ4n) is 13.4. The number of aromatic hydroxyl groups is 1. The number of aliphatic carboxylic acids is 1. The lowest BCUT2D eigenvalue weighted by atomic mass is 9.87. The third kappa shape index (κ3) is 46.9. The van der Waals surface area contributed by atoms with Gasteiger partial charge in [0.05, 0.1) is 74.2 Å². The fourth-order valence-corrected chi connectivity index (χ4v) is 13.8. The van der Waals surface area contributed by atoms with Gasteiger partial charge in [0.1, 0.15) is 17.6 Å². The molecular weight excluding hydrogens is 1510 g/mol. The van der Waals surface area contributed by atoms with Gasteiger partial charge in [0.25, 0.3) is 0 Å². The lowest BCUT2D eigenvalue weighted by molar-refractivity contribution is -0.141. The monoisotopic (exact) mass is 1640 g/mol. The van der Waals surface area contributed by atoms with Gasteiger partial charge < -0.3 is 91.8 Å². The maximum Gasteiger partial charge on any atom is 0.305 e. The number of rotatable bonds is 71. The van der Waals surface area contributed by atoms with Crippen molar-refractivity contribution in [3.8, 4) is 5.75 Å². The molecule has 0 aliphatic heterocycles. The highest BCUT2D eigenvalue weighted by Gasteiger charge is 2.38. The molecule has 34 heteroatoms. The van der Waals surface area contributed by atoms with E-state index in [1.54, 1.807) is 20.1 Å². The number of carboxylic acids is 1. The molecule has 0 aliphatic rings. The minimum absolute atomic E-state index is 0.0208. The summed E-state index contributed by atoms with van der Waals surface area (Å²) in [7, 11) is 0. The zero-order valence-corrected chi connectivity index (χ0v) is 69.3. The Hall–Kier alpha value is -8.31. The highest BCUT2D eigenvalue weighted by Crippen LogP contribution is 2.25. The summed E-state index contributed by atoms with van der Waals surface area (Å²) in [5, 5.41) is 66.1. The number of nitrogens with zero attached hydrogens (tertiary/aromatic N) is 1. The molecule has 0 saturated heterocycles. The number of thioether (sulfide) groups is 1. The number of nitrogens with two attached hydrogens (primary N) is 6. The van der Waals surface area contributed by atoms with Crippen LogP contribution in [-0.2, 0) is 78.3 Å². The minimum atomic E-state index is -1.69. The summed E-state index contributed by atoms with van der Waals surface area (Å²) < 4.78 is 0. The lowest BCUT2D eigenvalue weighted by Gasteiger charge is -2.27. The Balaban J connectivity index is 3.56. The summed E-state index contributed by atoms with van der Waals surface area (Å²) in [4.78, 5) is 209. The third-order valence-electron chi connectivity index (χ3n) is 20.2. The summed E-state index contributed by atoms with van der Waals surface area (Å²) >= 11 is 1.29. The molecule has 0 aromatic heterocycles. The van der Waals surface area contributed by atoms with Crippen LogP contribution in [0.2, 0.25) is 0 Å². The second-order valence-electron chi connectivity index (χ2n) is 30.7. The smallest absolute Gasteiger partial charge is 0.305 e. The maximum absolute atomic E-state index is 14.8. The van der Waals surface area contributed by atoms with Crippen molar-refractivity contribution < 1.29 is 97.5 Å². The van der Waals surface area contributed by atoms with E-state index in [1.165, 1.54) is 94.3 Å². The van der Waals surface area contributed by atoms with Gasteiger partial charge in [-0.1, -0.05) is 116 Å². The van der Waals surface area contributed by atoms with E-state index in [1.807, 2.05) is 0 Å². The molecular formula is C81H137N13O20S. The van der Waals surface area contributed by atoms with Gasteiger partial charge in [-0.05, 0) is 133 Å². The van der Waals surface area contributed by atoms with Crippen molar-refractivity contribution in [1.82, 2.24) is 31.9 Å². The molecule has 0 heterocycles. The van der Waals surface area contributed by atoms with Gasteiger partial charge >= 0.3 is 5.97 Å². The van der Waals surface area contributed by atoms with Crippen molar-refractivity contribution in [2.75, 3.05) is 51.4 Å². The molecule has 0 radical (unpaired) electrons. The summed E-state index contributed by atoms with van der Waals surface area (Å²) in [6, 6.07) is -1.42. The molecule has 115 heavy (non-hydrogen) atoms. The van der Waals surface area contributed by atoms with Crippen molar-refractivity contribution in [2.45, 2.75) is 282 Å². The number of carbonyl (C=O) groups excluding carboxylic acids is 14. The Morgan fingerprint density at radius 3 is 1.39 bits per heavy atom. The molecule has 0 bridgehead atoms. The van der Waals surface area contributed by atoms with Crippen molar-refractivity contribution in [2.24, 2.45) is 80.8 Å². The van der Waals surface area contributed by atoms with Crippen LogP contribution in [0, 0.1) is 41.4 Å². The topological polar surface area (TPSA) is 598 Å². The quantitative estimate of drug-likeness (QED) is 0.0253. The third-order valence-corrected chi connectivity index (χ3v) is 20.8. The molecule has 0 fully saturated rings. The van der Waals surface area contributed by atoms with Gasteiger partial charge in [0.2, 0.25) is 47.3 Å². The van der Waals surface area contributed by atoms with Crippen LogP contribution in [0.15, 0.2) is 29.3 Å². The predicted molar refractivity (Wildman–Crippen MR) is 437 cm³/mol. The van der Waals surface area contributed by atoms with E-state index >= 15 is 0 Å². The number of carboxylic acid groups (broad SMARTS) is 1. The first-order valence-corrected chi connectivity index (χ1v) is 42.4. The molecule has 1 aromatic rings. The molecule has 0 aliphatic carbocycles. The van der Waals surface area contributed by atoms with Crippen LogP contribution in [0.4, 0.5) is 0 Å². The van der Waals surface area contributed by atoms with Crippen LogP contribution < -0.4 is 66.3 Å². The van der Waals surface area contributed by atoms with Crippen LogP contribution in [0.3, 0.4) is 0 Å². The molecule has 8 amide bonds. The van der Waals surface area contributed by atoms with Crippen molar-refractivity contribution >= 4 is 106 Å². The molecule has 23 N–H and O–H groups in total. The van der Waals surface area contributed by atoms with E-state index in [2.05, 4.69) is 43.8 Å². The number of aliphatic imine (C=N–C) groups is 1. The molecule has 33 nitrogen and oxygen atoms in total. The van der Waals surface area contributed by atoms with E-state index in [4.69, 9.17) is 34.4 Å². The molecule has 1 aromatic carbocycles. The Bertz CT molecular complexity index is 3210. The van der Waals surface area contributed by atoms with Gasteiger partial charge in [-0.15, -0.1) is 0 Å². The predicted octanol–water partition coefficient (Wildman–Crippen LogP) is 3.11. The number of nitrogens with one attached hydrogen (secondary N) is 6. The summed E-state index contributed by atoms with van der Waals surface area (Å²) in [6.45, 7) is 5.15. The Morgan fingerprint density at radius 1 is 0.461 bits per heavy atom. The number of hydrogen-bond donors (Lipinski definition) is 17. The number of phenols is 1. The van der Waals surface area contributed by atoms with Crippen molar-refractivity contribution in [3.63, 3.8) is 0 Å². The number of aliphatic hydroxyl groups excluding tert-OH is 3. The van der Waals surface area contributed by atoms with Gasteiger partial charge in [-0.2, -0.15) is 11.8 Å². The summed E-state index contributed by atoms with van der Waals surface area (Å²) in [6.07, 6.45) is 11.7. The van der Waals surface area contributed by atoms with Gasteiger partial charge in [0, 0.05) is 75.7 Å². The van der Waals surface area contributed by atoms with Crippen molar-refractivity contribution in [1.29, 1.82) is 0 Å². The van der Waals surface area contributed by atoms with Crippen LogP contribution in [0.25, 0.3) is 0 Å². The number of phenolic OH excluding ortho intramolecular Hbond substituents is 1. The van der Waals surface area contributed by atoms with Crippen molar-refractivity contribution in [3.05, 3.63) is 29.8 Å². The highest BCUT2D eigenvalue weighted by atomic mass is 32.2. The average Bonchev–Trinajstić information content (AvgIpc) is 0.859. The molecule has 12 atom stereocenters. The minimum Gasteiger partial charge on any atom is -0.508 e. The fraction of sp³-hybridized carbons (Fsp3) is 0.728. The number of unbranched alkanes of at least 4 members (excludes halogenated alkanes) is 14. The molecule has 0 saturated carbocycles. The standard InChI is InChI=1S/C81H137N13O20S/c1-6-7-8-9-10-11-12-13-14-15-16-17-18-25-60(99)42-57(49-95)75(109)89-48-61(100)41-56(40-53-28-30-59(98)31-29-53)78(112)92-65(32-33-72(84)105)68(101)43-54(24-19-21-35-82)76(110)90-63(26-20-22-36-83)69(102)44-55(39-51(2)3)77(111)91-64(27-23-37-88-81(86)87)70(103)45-58(50-96)79(113)93-66(34-38-115-5)71(104)46-62(52(4)97)80(114)94-67(74(85)108)47-73(106)107/h28-31,51-52,54-58,62-67,95-98H,6-27,32-50,82-83H2,1-5H3,(H2,84,105)(H2,85,108)(H,89,109)(H,90,110)(H,91,111)(H,92,112)(H,93,113)(H,94,114)(H,106,107)(H4,86,87,88)/t52-,54-,55-,56-,57+,58+,62+,63+,64+,65+,66+,67+/m1/s1. The van der Waals surface area contributed by atoms with Crippen LogP contribution in [0.1, 0.15) is 245 Å². The zero-order valence-electron chi connectivity index (χ0n) is 68.5. The molecule has 0 unspecified atom stereocenters. The SMILES string of the molecule is CCCCCCCCCCCCCCCC(=O)C[C@@H](CO)C(=O)NCC(=O)C[C@@H](Cc1ccc(O)cc1)C(=O)N[C@@H](CCC(N)=O)C(=O)C[C@@H](CCCCN)C(=O)N[C@@H](CCCCN)C(=O)C[C@@H](CC(C)C)C(=O)N[C@@H](CCCN=C(N)N)C(=O)C[C@@H](CO)C(=O)N[C@@H](CCSC)C(=O)C[C@H](C(=O)N[C@@H](CC(=O)O)C(N)=O)[C@@H](C)O. The number of amides is 8. The number of ketones is 6. The van der Waals surface area contributed by atoms with Crippen LogP contribution in [0.5, 0.6) is 5.75 Å². The first-order chi connectivity index (χ1) is 54.6. The second-order valence-corrected chi connectivity index (χ2v) is 31.7. The van der Waals surface area contributed by atoms with E-state index in [0.29, 0.717) is 37.7 Å². The van der Waals surface area contributed by atoms with Crippen LogP contribution >= 0.6 is 11.8 Å². The lowest BCUT2D eigenvalue weighted by Crippen LogP contribution is -2.51. The number of Topliss-reactive ketones (excluding diaryl/α,β-unsaturated/α-hetero) is 6. The van der Waals surface area contributed by atoms with Crippen LogP contribution in [-0.4, -0.2) is 207 Å². The summed E-state index contributed by atoms with van der Waals surface area (Å²) in [5.74, 6) is -20.5. The van der Waals surface area contributed by atoms with Gasteiger partial charge in [-0.25, -0.2) is 0 Å². The zero-order chi connectivity index (χ0) is 86.4. The van der Waals surface area contributed by atoms with Gasteiger partial charge in [-0.3, -0.25) is 76.9 Å². The normalized spacial score (nSPS) is 14.5. The van der Waals surface area contributed by atoms with E-state index in [9.17, 15) is 97.5 Å². The van der Waals surface area contributed by atoms with E-state index in [-0.39, 0.29) is 113 Å². The molecule has 0 spiro atoms. The number of guanidine groups is 1. The Morgan fingerprint density at radius 2 is 0.904 bits per heavy atom. The first-order valence-electron chi connectivity index (χ1n) is 41.0. The average molecular weight is 1650 g/mol. The number of primary amides is 2. The number of hydrogen-bond acceptors (Lipinski definition) is 23.